The molecule has 1 amide bonds. The minimum absolute atomic E-state index is 0.0362. The Kier molecular flexibility index (Phi) is 9.14. The van der Waals surface area contributed by atoms with Crippen molar-refractivity contribution in [1.82, 2.24) is 9.55 Å². The first-order valence-corrected chi connectivity index (χ1v) is 12.1. The maximum absolute atomic E-state index is 14.1. The van der Waals surface area contributed by atoms with Crippen LogP contribution in [0.5, 0.6) is 5.75 Å². The summed E-state index contributed by atoms with van der Waals surface area (Å²) in [5.41, 5.74) is 0.256. The average molecular weight is 534 g/mol. The molecule has 1 N–H and O–H groups in total. The van der Waals surface area contributed by atoms with Gasteiger partial charge in [0.15, 0.2) is 23.7 Å². The fourth-order valence-electron chi connectivity index (χ4n) is 3.82. The van der Waals surface area contributed by atoms with Gasteiger partial charge in [-0.3, -0.25) is 4.79 Å². The molecule has 7 nitrogen and oxygen atoms in total. The first-order valence-electron chi connectivity index (χ1n) is 12.1. The molecule has 1 unspecified atom stereocenters. The van der Waals surface area contributed by atoms with E-state index < -0.39 is 23.5 Å². The zero-order chi connectivity index (χ0) is 27.0. The van der Waals surface area contributed by atoms with Gasteiger partial charge in [0.1, 0.15) is 6.61 Å². The number of alkyl halides is 3. The summed E-state index contributed by atoms with van der Waals surface area (Å²) in [7, 11) is 0. The van der Waals surface area contributed by atoms with E-state index in [0.29, 0.717) is 17.7 Å². The third kappa shape index (κ3) is 8.15. The zero-order valence-electron chi connectivity index (χ0n) is 20.4. The van der Waals surface area contributed by atoms with Gasteiger partial charge in [-0.1, -0.05) is 18.2 Å². The van der Waals surface area contributed by atoms with E-state index in [-0.39, 0.29) is 37.6 Å². The second-order valence-corrected chi connectivity index (χ2v) is 8.66. The second kappa shape index (κ2) is 12.7. The van der Waals surface area contributed by atoms with Crippen LogP contribution >= 0.6 is 0 Å². The van der Waals surface area contributed by atoms with E-state index in [1.165, 1.54) is 48.9 Å². The number of rotatable bonds is 10. The summed E-state index contributed by atoms with van der Waals surface area (Å²) in [6.07, 6.45) is 3.88. The van der Waals surface area contributed by atoms with E-state index in [0.717, 1.165) is 31.4 Å². The first-order chi connectivity index (χ1) is 18.3. The van der Waals surface area contributed by atoms with E-state index in [1.54, 1.807) is 10.6 Å². The second-order valence-electron chi connectivity index (χ2n) is 8.66. The normalized spacial score (nSPS) is 16.1. The summed E-state index contributed by atoms with van der Waals surface area (Å²) >= 11 is 0. The highest BCUT2D eigenvalue weighted by molar-refractivity contribution is 6.01. The van der Waals surface area contributed by atoms with Gasteiger partial charge in [0.25, 0.3) is 0 Å². The Morgan fingerprint density at radius 1 is 1.18 bits per heavy atom. The van der Waals surface area contributed by atoms with Crippen molar-refractivity contribution in [3.8, 4) is 5.75 Å². The van der Waals surface area contributed by atoms with Gasteiger partial charge in [-0.05, 0) is 60.7 Å². The fraction of sp³-hybridized carbons (Fsp3) is 0.333. The molecule has 2 aromatic carbocycles. The summed E-state index contributed by atoms with van der Waals surface area (Å²) < 4.78 is 71.0. The van der Waals surface area contributed by atoms with Crippen LogP contribution in [0.25, 0.3) is 6.08 Å². The summed E-state index contributed by atoms with van der Waals surface area (Å²) in [5, 5.41) is 2.58. The van der Waals surface area contributed by atoms with E-state index in [1.807, 2.05) is 0 Å². The van der Waals surface area contributed by atoms with Crippen molar-refractivity contribution in [2.24, 2.45) is 0 Å². The van der Waals surface area contributed by atoms with Gasteiger partial charge in [-0.25, -0.2) is 9.37 Å². The van der Waals surface area contributed by atoms with Gasteiger partial charge in [0.05, 0.1) is 18.5 Å². The zero-order valence-corrected chi connectivity index (χ0v) is 20.4. The standard InChI is InChI=1S/C27H27F4N3O4/c28-22-9-7-19(15-23(22)36-12-13-38-26-6-1-2-11-37-26)8-10-25(35)33-24-17-34(18-32-24)16-20-4-3-5-21(14-20)27(29,30)31/h3-5,7-10,14-15,17-18,26H,1-2,6,11-13,16H2,(H,33,35)/b10-8+. The largest absolute Gasteiger partial charge is 0.488 e. The molecule has 0 radical (unpaired) electrons. The van der Waals surface area contributed by atoms with Crippen LogP contribution in [0.1, 0.15) is 36.0 Å². The lowest BCUT2D eigenvalue weighted by Crippen LogP contribution is -2.24. The number of carbonyl (C=O) groups is 1. The number of imidazole rings is 1. The van der Waals surface area contributed by atoms with Crippen molar-refractivity contribution in [2.45, 2.75) is 38.3 Å². The maximum atomic E-state index is 14.1. The number of hydrogen-bond donors (Lipinski definition) is 1. The third-order valence-electron chi connectivity index (χ3n) is 5.67. The molecule has 1 fully saturated rings. The summed E-state index contributed by atoms with van der Waals surface area (Å²) in [6, 6.07) is 9.22. The molecule has 4 rings (SSSR count). The van der Waals surface area contributed by atoms with Crippen molar-refractivity contribution in [3.05, 3.63) is 83.6 Å². The number of carbonyl (C=O) groups excluding carboxylic acids is 1. The highest BCUT2D eigenvalue weighted by Crippen LogP contribution is 2.29. The Balaban J connectivity index is 1.27. The Hall–Kier alpha value is -3.70. The molecule has 1 atom stereocenters. The minimum atomic E-state index is -4.42. The Labute approximate surface area is 217 Å². The van der Waals surface area contributed by atoms with Crippen LogP contribution in [0, 0.1) is 5.82 Å². The van der Waals surface area contributed by atoms with E-state index in [9.17, 15) is 22.4 Å². The molecular weight excluding hydrogens is 506 g/mol. The van der Waals surface area contributed by atoms with Gasteiger partial charge in [-0.2, -0.15) is 13.2 Å². The van der Waals surface area contributed by atoms with Gasteiger partial charge in [-0.15, -0.1) is 0 Å². The molecular formula is C27H27F4N3O4. The van der Waals surface area contributed by atoms with Crippen LogP contribution < -0.4 is 10.1 Å². The van der Waals surface area contributed by atoms with Crippen molar-refractivity contribution < 1.29 is 36.6 Å². The van der Waals surface area contributed by atoms with E-state index >= 15 is 0 Å². The van der Waals surface area contributed by atoms with E-state index in [2.05, 4.69) is 10.3 Å². The Bertz CT molecular complexity index is 1250. The number of nitrogens with one attached hydrogen (secondary N) is 1. The molecule has 2 heterocycles. The van der Waals surface area contributed by atoms with E-state index in [4.69, 9.17) is 14.2 Å². The number of amides is 1. The lowest BCUT2D eigenvalue weighted by molar-refractivity contribution is -0.165. The fourth-order valence-corrected chi connectivity index (χ4v) is 3.82. The van der Waals surface area contributed by atoms with Gasteiger partial charge < -0.3 is 24.1 Å². The Morgan fingerprint density at radius 3 is 2.84 bits per heavy atom. The molecule has 0 saturated carbocycles. The molecule has 0 bridgehead atoms. The molecule has 3 aromatic rings. The molecule has 11 heteroatoms. The number of ether oxygens (including phenoxy) is 3. The van der Waals surface area contributed by atoms with Crippen molar-refractivity contribution in [2.75, 3.05) is 25.1 Å². The molecule has 1 saturated heterocycles. The maximum Gasteiger partial charge on any atom is 0.416 e. The van der Waals surface area contributed by atoms with Crippen molar-refractivity contribution in [1.29, 1.82) is 0 Å². The smallest absolute Gasteiger partial charge is 0.416 e. The molecule has 0 aliphatic carbocycles. The molecule has 1 aliphatic heterocycles. The number of nitrogens with zero attached hydrogens (tertiary/aromatic N) is 2. The van der Waals surface area contributed by atoms with Crippen molar-refractivity contribution >= 4 is 17.8 Å². The predicted molar refractivity (Wildman–Crippen MR) is 132 cm³/mol. The number of hydrogen-bond acceptors (Lipinski definition) is 5. The molecule has 38 heavy (non-hydrogen) atoms. The highest BCUT2D eigenvalue weighted by Gasteiger charge is 2.30. The van der Waals surface area contributed by atoms with Crippen LogP contribution in [-0.4, -0.2) is 41.6 Å². The van der Waals surface area contributed by atoms with Crippen molar-refractivity contribution in [3.63, 3.8) is 0 Å². The number of aromatic nitrogens is 2. The van der Waals surface area contributed by atoms with Gasteiger partial charge in [0.2, 0.25) is 5.91 Å². The SMILES string of the molecule is O=C(/C=C/c1ccc(F)c(OCCOC2CCCCO2)c1)Nc1cn(Cc2cccc(C(F)(F)F)c2)cn1. The van der Waals surface area contributed by atoms with Crippen LogP contribution in [0.3, 0.4) is 0 Å². The van der Waals surface area contributed by atoms with Gasteiger partial charge >= 0.3 is 6.18 Å². The quantitative estimate of drug-likeness (QED) is 0.207. The molecule has 202 valence electrons. The van der Waals surface area contributed by atoms with Crippen LogP contribution in [0.2, 0.25) is 0 Å². The average Bonchev–Trinajstić information content (AvgIpc) is 3.33. The molecule has 1 aromatic heterocycles. The van der Waals surface area contributed by atoms with Gasteiger partial charge in [0, 0.05) is 25.4 Å². The number of anilines is 1. The monoisotopic (exact) mass is 533 g/mol. The molecule has 1 aliphatic rings. The third-order valence-corrected chi connectivity index (χ3v) is 5.67. The Morgan fingerprint density at radius 2 is 2.05 bits per heavy atom. The predicted octanol–water partition coefficient (Wildman–Crippen LogP) is 5.66. The minimum Gasteiger partial charge on any atom is -0.488 e. The summed E-state index contributed by atoms with van der Waals surface area (Å²) in [4.78, 5) is 16.4. The van der Waals surface area contributed by atoms with Crippen LogP contribution in [0.15, 0.2) is 61.1 Å². The summed E-state index contributed by atoms with van der Waals surface area (Å²) in [6.45, 7) is 1.23. The highest BCUT2D eigenvalue weighted by atomic mass is 19.4. The molecule has 0 spiro atoms. The summed E-state index contributed by atoms with van der Waals surface area (Å²) in [5.74, 6) is -0.750. The van der Waals surface area contributed by atoms with Crippen LogP contribution in [-0.2, 0) is 27.0 Å². The number of halogens is 4. The lowest BCUT2D eigenvalue weighted by Gasteiger charge is -2.22. The first kappa shape index (κ1) is 27.3. The van der Waals surface area contributed by atoms with Crippen LogP contribution in [0.4, 0.5) is 23.4 Å². The number of benzene rings is 2. The topological polar surface area (TPSA) is 74.6 Å². The lowest BCUT2D eigenvalue weighted by atomic mass is 10.1.